The third-order valence-corrected chi connectivity index (χ3v) is 2.10. The van der Waals surface area contributed by atoms with Crippen LogP contribution < -0.4 is 11.3 Å². The minimum Gasteiger partial charge on any atom is -0.271 e. The van der Waals surface area contributed by atoms with Crippen molar-refractivity contribution in [2.45, 2.75) is 12.5 Å². The molecule has 4 heteroatoms. The quantitative estimate of drug-likeness (QED) is 0.476. The van der Waals surface area contributed by atoms with Crippen molar-refractivity contribution in [2.75, 3.05) is 0 Å². The minimum absolute atomic E-state index is 0.0712. The summed E-state index contributed by atoms with van der Waals surface area (Å²) in [6.07, 6.45) is 7.44. The fourth-order valence-electron chi connectivity index (χ4n) is 0.960. The first-order chi connectivity index (χ1) is 6.27. The van der Waals surface area contributed by atoms with E-state index in [0.29, 0.717) is 6.42 Å². The number of nitrogens with zero attached hydrogens (tertiary/aromatic N) is 1. The van der Waals surface area contributed by atoms with E-state index >= 15 is 0 Å². The van der Waals surface area contributed by atoms with Crippen LogP contribution in [-0.4, -0.2) is 4.98 Å². The maximum absolute atomic E-state index is 5.33. The van der Waals surface area contributed by atoms with Crippen molar-refractivity contribution in [3.63, 3.8) is 0 Å². The highest BCUT2D eigenvalue weighted by Crippen LogP contribution is 2.15. The molecule has 0 aromatic carbocycles. The van der Waals surface area contributed by atoms with E-state index in [1.807, 2.05) is 12.1 Å². The summed E-state index contributed by atoms with van der Waals surface area (Å²) in [5.74, 6) is 7.87. The Labute approximate surface area is 85.8 Å². The summed E-state index contributed by atoms with van der Waals surface area (Å²) < 4.78 is 0.938. The van der Waals surface area contributed by atoms with Crippen molar-refractivity contribution in [1.82, 2.24) is 10.4 Å². The zero-order valence-electron chi connectivity index (χ0n) is 7.00. The van der Waals surface area contributed by atoms with Gasteiger partial charge in [0.15, 0.2) is 0 Å². The van der Waals surface area contributed by atoms with E-state index in [-0.39, 0.29) is 6.04 Å². The van der Waals surface area contributed by atoms with E-state index < -0.39 is 0 Å². The molecule has 0 saturated heterocycles. The van der Waals surface area contributed by atoms with E-state index in [1.54, 1.807) is 6.20 Å². The maximum Gasteiger partial charge on any atom is 0.0741 e. The predicted octanol–water partition coefficient (Wildman–Crippen LogP) is 1.37. The number of pyridine rings is 1. The normalized spacial score (nSPS) is 12.1. The van der Waals surface area contributed by atoms with Gasteiger partial charge in [0.2, 0.25) is 0 Å². The molecule has 1 aromatic heterocycles. The second-order valence-electron chi connectivity index (χ2n) is 2.53. The van der Waals surface area contributed by atoms with Gasteiger partial charge in [-0.15, -0.1) is 12.3 Å². The van der Waals surface area contributed by atoms with Gasteiger partial charge in [-0.1, -0.05) is 0 Å². The zero-order chi connectivity index (χ0) is 9.68. The van der Waals surface area contributed by atoms with E-state index in [4.69, 9.17) is 12.3 Å². The van der Waals surface area contributed by atoms with Crippen LogP contribution in [0.25, 0.3) is 0 Å². The van der Waals surface area contributed by atoms with Crippen LogP contribution in [0.1, 0.15) is 18.2 Å². The average Bonchev–Trinajstić information content (AvgIpc) is 2.16. The van der Waals surface area contributed by atoms with Gasteiger partial charge in [0.05, 0.1) is 11.7 Å². The smallest absolute Gasteiger partial charge is 0.0741 e. The fraction of sp³-hybridized carbons (Fsp3) is 0.222. The summed E-state index contributed by atoms with van der Waals surface area (Å²) in [6, 6.07) is 3.72. The number of halogens is 1. The summed E-state index contributed by atoms with van der Waals surface area (Å²) in [7, 11) is 0. The number of hydrogen-bond donors (Lipinski definition) is 2. The monoisotopic (exact) mass is 239 g/mol. The van der Waals surface area contributed by atoms with E-state index in [1.165, 1.54) is 0 Å². The molecule has 1 atom stereocenters. The van der Waals surface area contributed by atoms with Crippen LogP contribution in [0, 0.1) is 12.3 Å². The molecule has 1 unspecified atom stereocenters. The zero-order valence-corrected chi connectivity index (χ0v) is 8.58. The Bertz CT molecular complexity index is 302. The minimum atomic E-state index is -0.0712. The largest absolute Gasteiger partial charge is 0.271 e. The molecule has 0 aliphatic carbocycles. The molecule has 68 valence electrons. The SMILES string of the molecule is C#CCC(NN)c1ccc(Br)cn1. The summed E-state index contributed by atoms with van der Waals surface area (Å²) in [4.78, 5) is 4.18. The van der Waals surface area contributed by atoms with Crippen LogP contribution in [0.3, 0.4) is 0 Å². The standard InChI is InChI=1S/C9H10BrN3/c1-2-3-9(13-11)8-5-4-7(10)6-12-8/h1,4-6,9,13H,3,11H2. The third-order valence-electron chi connectivity index (χ3n) is 1.63. The number of rotatable bonds is 3. The Kier molecular flexibility index (Phi) is 3.90. The molecule has 1 rings (SSSR count). The van der Waals surface area contributed by atoms with Crippen LogP contribution in [-0.2, 0) is 0 Å². The van der Waals surface area contributed by atoms with Gasteiger partial charge in [0, 0.05) is 17.1 Å². The van der Waals surface area contributed by atoms with E-state index in [2.05, 4.69) is 32.3 Å². The van der Waals surface area contributed by atoms with E-state index in [9.17, 15) is 0 Å². The van der Waals surface area contributed by atoms with Gasteiger partial charge in [-0.2, -0.15) is 0 Å². The van der Waals surface area contributed by atoms with Gasteiger partial charge in [0.25, 0.3) is 0 Å². The Hall–Kier alpha value is -0.890. The molecule has 0 fully saturated rings. The number of terminal acetylenes is 1. The number of nitrogens with two attached hydrogens (primary N) is 1. The first-order valence-electron chi connectivity index (χ1n) is 3.79. The Balaban J connectivity index is 2.80. The third kappa shape index (κ3) is 2.81. The summed E-state index contributed by atoms with van der Waals surface area (Å²) in [5.41, 5.74) is 3.47. The topological polar surface area (TPSA) is 50.9 Å². The molecule has 13 heavy (non-hydrogen) atoms. The average molecular weight is 240 g/mol. The lowest BCUT2D eigenvalue weighted by atomic mass is 10.1. The van der Waals surface area contributed by atoms with Crippen LogP contribution >= 0.6 is 15.9 Å². The van der Waals surface area contributed by atoms with Crippen molar-refractivity contribution >= 4 is 15.9 Å². The molecule has 0 aliphatic heterocycles. The molecular weight excluding hydrogens is 230 g/mol. The van der Waals surface area contributed by atoms with Gasteiger partial charge < -0.3 is 0 Å². The second-order valence-corrected chi connectivity index (χ2v) is 3.44. The number of hydrazine groups is 1. The Morgan fingerprint density at radius 3 is 2.92 bits per heavy atom. The van der Waals surface area contributed by atoms with Crippen molar-refractivity contribution in [3.05, 3.63) is 28.5 Å². The molecule has 0 radical (unpaired) electrons. The van der Waals surface area contributed by atoms with E-state index in [0.717, 1.165) is 10.2 Å². The van der Waals surface area contributed by atoms with Crippen molar-refractivity contribution in [1.29, 1.82) is 0 Å². The first-order valence-corrected chi connectivity index (χ1v) is 4.58. The second kappa shape index (κ2) is 4.97. The highest BCUT2D eigenvalue weighted by molar-refractivity contribution is 9.10. The Morgan fingerprint density at radius 1 is 1.69 bits per heavy atom. The molecule has 0 saturated carbocycles. The molecule has 0 amide bonds. The van der Waals surface area contributed by atoms with Gasteiger partial charge >= 0.3 is 0 Å². The lowest BCUT2D eigenvalue weighted by molar-refractivity contribution is 0.554. The van der Waals surface area contributed by atoms with Gasteiger partial charge in [0.1, 0.15) is 0 Å². The molecule has 1 heterocycles. The van der Waals surface area contributed by atoms with Gasteiger partial charge in [-0.25, -0.2) is 0 Å². The van der Waals surface area contributed by atoms with Crippen molar-refractivity contribution < 1.29 is 0 Å². The van der Waals surface area contributed by atoms with Crippen LogP contribution in [0.2, 0.25) is 0 Å². The molecular formula is C9H10BrN3. The molecule has 0 spiro atoms. The highest BCUT2D eigenvalue weighted by atomic mass is 79.9. The molecule has 3 nitrogen and oxygen atoms in total. The van der Waals surface area contributed by atoms with Gasteiger partial charge in [-0.05, 0) is 28.1 Å². The number of nitrogens with one attached hydrogen (secondary N) is 1. The van der Waals surface area contributed by atoms with Crippen molar-refractivity contribution in [2.24, 2.45) is 5.84 Å². The van der Waals surface area contributed by atoms with Crippen LogP contribution in [0.5, 0.6) is 0 Å². The lowest BCUT2D eigenvalue weighted by Gasteiger charge is -2.11. The summed E-state index contributed by atoms with van der Waals surface area (Å²) >= 11 is 3.30. The summed E-state index contributed by atoms with van der Waals surface area (Å²) in [6.45, 7) is 0. The number of aromatic nitrogens is 1. The molecule has 0 bridgehead atoms. The Morgan fingerprint density at radius 2 is 2.46 bits per heavy atom. The molecule has 0 aliphatic rings. The molecule has 3 N–H and O–H groups in total. The van der Waals surface area contributed by atoms with Crippen LogP contribution in [0.15, 0.2) is 22.8 Å². The number of hydrogen-bond acceptors (Lipinski definition) is 3. The van der Waals surface area contributed by atoms with Gasteiger partial charge in [-0.3, -0.25) is 16.3 Å². The predicted molar refractivity (Wildman–Crippen MR) is 55.5 cm³/mol. The maximum atomic E-state index is 5.33. The fourth-order valence-corrected chi connectivity index (χ4v) is 1.19. The summed E-state index contributed by atoms with van der Waals surface area (Å²) in [5, 5.41) is 0. The highest BCUT2D eigenvalue weighted by Gasteiger charge is 2.08. The first kappa shape index (κ1) is 10.2. The van der Waals surface area contributed by atoms with Crippen LogP contribution in [0.4, 0.5) is 0 Å². The lowest BCUT2D eigenvalue weighted by Crippen LogP contribution is -2.28. The van der Waals surface area contributed by atoms with Crippen molar-refractivity contribution in [3.8, 4) is 12.3 Å². The molecule has 1 aromatic rings.